The van der Waals surface area contributed by atoms with Crippen LogP contribution in [0, 0.1) is 33.6 Å². The Kier molecular flexibility index (Phi) is 10.1. The number of rotatable bonds is 11. The summed E-state index contributed by atoms with van der Waals surface area (Å²) in [7, 11) is -7.07. The molecular formula is C27H36F2N4O6S2. The van der Waals surface area contributed by atoms with E-state index in [2.05, 4.69) is 9.62 Å². The lowest BCUT2D eigenvalue weighted by atomic mass is 9.78. The van der Waals surface area contributed by atoms with Crippen LogP contribution in [-0.4, -0.2) is 76.5 Å². The van der Waals surface area contributed by atoms with Gasteiger partial charge in [0.1, 0.15) is 11.6 Å². The van der Waals surface area contributed by atoms with Gasteiger partial charge < -0.3 is 4.90 Å². The molecule has 2 fully saturated rings. The van der Waals surface area contributed by atoms with Gasteiger partial charge in [-0.15, -0.1) is 0 Å². The first-order valence-electron chi connectivity index (χ1n) is 13.7. The molecule has 1 atom stereocenters. The number of hydrogen-bond acceptors (Lipinski definition) is 7. The van der Waals surface area contributed by atoms with Crippen molar-refractivity contribution in [1.82, 2.24) is 13.9 Å². The summed E-state index contributed by atoms with van der Waals surface area (Å²) in [6.07, 6.45) is 4.64. The highest BCUT2D eigenvalue weighted by atomic mass is 32.2. The number of piperidine rings is 2. The van der Waals surface area contributed by atoms with Crippen LogP contribution in [0.3, 0.4) is 0 Å². The third-order valence-electron chi connectivity index (χ3n) is 8.23. The van der Waals surface area contributed by atoms with E-state index in [1.807, 2.05) is 0 Å². The van der Waals surface area contributed by atoms with Gasteiger partial charge in [0.15, 0.2) is 0 Å². The summed E-state index contributed by atoms with van der Waals surface area (Å²) in [4.78, 5) is 12.5. The Hall–Kier alpha value is -2.52. The molecule has 14 heteroatoms. The van der Waals surface area contributed by atoms with Crippen molar-refractivity contribution in [3.63, 3.8) is 0 Å². The maximum absolute atomic E-state index is 14.1. The van der Waals surface area contributed by atoms with E-state index in [4.69, 9.17) is 0 Å². The van der Waals surface area contributed by atoms with Crippen molar-refractivity contribution in [2.24, 2.45) is 11.8 Å². The minimum absolute atomic E-state index is 0.0252. The normalized spacial score (nSPS) is 19.3. The molecule has 1 N–H and O–H groups in total. The van der Waals surface area contributed by atoms with Crippen LogP contribution in [0.5, 0.6) is 0 Å². The van der Waals surface area contributed by atoms with Gasteiger partial charge in [-0.3, -0.25) is 10.1 Å². The van der Waals surface area contributed by atoms with Gasteiger partial charge >= 0.3 is 0 Å². The van der Waals surface area contributed by atoms with Crippen molar-refractivity contribution < 1.29 is 30.5 Å². The Bertz CT molecular complexity index is 1400. The Morgan fingerprint density at radius 3 is 2.07 bits per heavy atom. The number of benzene rings is 2. The lowest BCUT2D eigenvalue weighted by Crippen LogP contribution is -2.41. The van der Waals surface area contributed by atoms with Crippen LogP contribution in [0.15, 0.2) is 47.4 Å². The van der Waals surface area contributed by atoms with Crippen molar-refractivity contribution in [2.75, 3.05) is 45.5 Å². The van der Waals surface area contributed by atoms with Crippen molar-refractivity contribution >= 4 is 25.7 Å². The second kappa shape index (κ2) is 13.2. The van der Waals surface area contributed by atoms with Crippen molar-refractivity contribution in [2.45, 2.75) is 42.9 Å². The predicted molar refractivity (Wildman–Crippen MR) is 150 cm³/mol. The molecule has 2 aromatic carbocycles. The fraction of sp³-hybridized carbons (Fsp3) is 0.556. The van der Waals surface area contributed by atoms with Crippen LogP contribution in [0.2, 0.25) is 0 Å². The average Bonchev–Trinajstić information content (AvgIpc) is 2.92. The van der Waals surface area contributed by atoms with E-state index >= 15 is 0 Å². The number of nitro groups is 1. The van der Waals surface area contributed by atoms with Gasteiger partial charge in [-0.2, -0.15) is 0 Å². The number of nitrogens with zero attached hydrogens (tertiary/aromatic N) is 3. The van der Waals surface area contributed by atoms with Crippen LogP contribution < -0.4 is 4.72 Å². The second-order valence-corrected chi connectivity index (χ2v) is 14.7. The van der Waals surface area contributed by atoms with Gasteiger partial charge in [-0.1, -0.05) is 0 Å². The van der Waals surface area contributed by atoms with Crippen molar-refractivity contribution in [3.8, 4) is 0 Å². The summed E-state index contributed by atoms with van der Waals surface area (Å²) >= 11 is 0. The average molecular weight is 615 g/mol. The van der Waals surface area contributed by atoms with E-state index < -0.39 is 36.6 Å². The van der Waals surface area contributed by atoms with Crippen LogP contribution in [0.4, 0.5) is 14.5 Å². The first kappa shape index (κ1) is 31.4. The molecular weight excluding hydrogens is 578 g/mol. The molecule has 4 rings (SSSR count). The smallest absolute Gasteiger partial charge is 0.269 e. The third kappa shape index (κ3) is 8.51. The van der Waals surface area contributed by atoms with Crippen LogP contribution in [0.1, 0.15) is 43.6 Å². The molecule has 2 aliphatic rings. The highest BCUT2D eigenvalue weighted by molar-refractivity contribution is 7.89. The number of nitro benzene ring substituents is 1. The minimum Gasteiger partial charge on any atom is -0.303 e. The standard InChI is InChI=1S/C27H36F2N4O6S2/c1-40(36,37)32-14-8-21(9-15-32)27(22-16-23(28)18-24(29)17-22)10-13-31-11-6-20(7-12-31)19-30-41(38,39)26-4-2-25(3-5-26)33(34)35/h2-5,16-18,20-21,27,30H,6-15,19H2,1H3/t27-/m1/s1. The molecule has 0 aliphatic carbocycles. The zero-order chi connectivity index (χ0) is 29.8. The Balaban J connectivity index is 1.31. The topological polar surface area (TPSA) is 130 Å². The summed E-state index contributed by atoms with van der Waals surface area (Å²) < 4.78 is 81.4. The number of sulfonamides is 2. The number of non-ortho nitro benzene ring substituents is 1. The first-order valence-corrected chi connectivity index (χ1v) is 17.0. The molecule has 0 saturated carbocycles. The Morgan fingerprint density at radius 2 is 1.54 bits per heavy atom. The van der Waals surface area contributed by atoms with Gasteiger partial charge in [-0.05, 0) is 99.3 Å². The van der Waals surface area contributed by atoms with E-state index in [-0.39, 0.29) is 34.9 Å². The van der Waals surface area contributed by atoms with Gasteiger partial charge in [-0.25, -0.2) is 34.6 Å². The van der Waals surface area contributed by atoms with E-state index in [0.717, 1.165) is 44.1 Å². The molecule has 0 aromatic heterocycles. The molecule has 2 heterocycles. The van der Waals surface area contributed by atoms with Gasteiger partial charge in [0, 0.05) is 37.8 Å². The molecule has 0 bridgehead atoms. The highest BCUT2D eigenvalue weighted by Gasteiger charge is 2.32. The molecule has 2 aromatic rings. The van der Waals surface area contributed by atoms with Crippen LogP contribution >= 0.6 is 0 Å². The van der Waals surface area contributed by atoms with E-state index in [0.29, 0.717) is 44.5 Å². The Morgan fingerprint density at radius 1 is 0.951 bits per heavy atom. The molecule has 41 heavy (non-hydrogen) atoms. The van der Waals surface area contributed by atoms with Crippen molar-refractivity contribution in [3.05, 3.63) is 69.8 Å². The van der Waals surface area contributed by atoms with E-state index in [1.54, 1.807) is 0 Å². The second-order valence-electron chi connectivity index (χ2n) is 11.0. The monoisotopic (exact) mass is 614 g/mol. The highest BCUT2D eigenvalue weighted by Crippen LogP contribution is 2.37. The predicted octanol–water partition coefficient (Wildman–Crippen LogP) is 3.71. The number of nitrogens with one attached hydrogen (secondary N) is 1. The first-order chi connectivity index (χ1) is 19.3. The molecule has 2 aliphatic heterocycles. The summed E-state index contributed by atoms with van der Waals surface area (Å²) in [5.41, 5.74) is 0.413. The summed E-state index contributed by atoms with van der Waals surface area (Å²) in [6, 6.07) is 8.36. The third-order valence-corrected chi connectivity index (χ3v) is 11.0. The quantitative estimate of drug-likeness (QED) is 0.302. The number of hydrogen-bond donors (Lipinski definition) is 1. The molecule has 0 radical (unpaired) electrons. The molecule has 0 spiro atoms. The fourth-order valence-electron chi connectivity index (χ4n) is 5.87. The summed E-state index contributed by atoms with van der Waals surface area (Å²) in [5.74, 6) is -1.15. The zero-order valence-electron chi connectivity index (χ0n) is 22.9. The van der Waals surface area contributed by atoms with Gasteiger partial charge in [0.2, 0.25) is 20.0 Å². The maximum Gasteiger partial charge on any atom is 0.269 e. The van der Waals surface area contributed by atoms with Crippen LogP contribution in [-0.2, 0) is 20.0 Å². The zero-order valence-corrected chi connectivity index (χ0v) is 24.5. The summed E-state index contributed by atoms with van der Waals surface area (Å²) in [6.45, 7) is 3.24. The molecule has 10 nitrogen and oxygen atoms in total. The lowest BCUT2D eigenvalue weighted by molar-refractivity contribution is -0.384. The number of halogens is 2. The minimum atomic E-state index is -3.79. The lowest BCUT2D eigenvalue weighted by Gasteiger charge is -2.37. The van der Waals surface area contributed by atoms with Crippen molar-refractivity contribution in [1.29, 1.82) is 0 Å². The molecule has 0 amide bonds. The van der Waals surface area contributed by atoms with E-state index in [9.17, 15) is 35.7 Å². The molecule has 0 unspecified atom stereocenters. The Labute approximate surface area is 240 Å². The largest absolute Gasteiger partial charge is 0.303 e. The van der Waals surface area contributed by atoms with Crippen LogP contribution in [0.25, 0.3) is 0 Å². The van der Waals surface area contributed by atoms with E-state index in [1.165, 1.54) is 34.8 Å². The summed E-state index contributed by atoms with van der Waals surface area (Å²) in [5, 5.41) is 10.8. The fourth-order valence-corrected chi connectivity index (χ4v) is 7.86. The SMILES string of the molecule is CS(=O)(=O)N1CCC([C@@H](CCN2CCC(CNS(=O)(=O)c3ccc([N+](=O)[O-])cc3)CC2)c2cc(F)cc(F)c2)CC1. The maximum atomic E-state index is 14.1. The molecule has 226 valence electrons. The van der Waals surface area contributed by atoms with Gasteiger partial charge in [0.05, 0.1) is 16.1 Å². The molecule has 2 saturated heterocycles. The van der Waals surface area contributed by atoms with Gasteiger partial charge in [0.25, 0.3) is 5.69 Å². The number of likely N-dealkylation sites (tertiary alicyclic amines) is 1.